The van der Waals surface area contributed by atoms with E-state index in [1.54, 1.807) is 0 Å². The van der Waals surface area contributed by atoms with Crippen molar-refractivity contribution in [1.82, 2.24) is 0 Å². The normalized spacial score (nSPS) is 13.9. The quantitative estimate of drug-likeness (QED) is 0.629. The molecule has 0 aliphatic carbocycles. The zero-order valence-electron chi connectivity index (χ0n) is 9.53. The minimum absolute atomic E-state index is 0.183. The Morgan fingerprint density at radius 3 is 2.58 bits per heavy atom. The molecule has 12 heavy (non-hydrogen) atoms. The molecule has 1 aromatic rings. The van der Waals surface area contributed by atoms with Crippen molar-refractivity contribution in [2.75, 3.05) is 14.1 Å². The van der Waals surface area contributed by atoms with Gasteiger partial charge < -0.3 is 9.47 Å². The third-order valence-electron chi connectivity index (χ3n) is 1.39. The molecule has 0 heterocycles. The van der Waals surface area contributed by atoms with E-state index in [2.05, 4.69) is 9.47 Å². The second-order valence-electron chi connectivity index (χ2n) is 2.12. The molecule has 64 valence electrons. The summed E-state index contributed by atoms with van der Waals surface area (Å²) in [6, 6.07) is 5.68. The molecule has 0 fully saturated rings. The maximum absolute atomic E-state index is 11.0. The van der Waals surface area contributed by atoms with E-state index in [1.807, 2.05) is 0 Å². The van der Waals surface area contributed by atoms with Gasteiger partial charge in [0.15, 0.2) is 0 Å². The van der Waals surface area contributed by atoms with Gasteiger partial charge in [-0.1, -0.05) is 0 Å². The third-order valence-corrected chi connectivity index (χ3v) is 1.39. The van der Waals surface area contributed by atoms with Gasteiger partial charge in [-0.05, 0) is 24.3 Å². The Labute approximate surface area is 75.1 Å². The molecule has 0 saturated heterocycles. The Hall–Kier alpha value is -1.51. The fourth-order valence-electron chi connectivity index (χ4n) is 0.777. The van der Waals surface area contributed by atoms with Crippen LogP contribution >= 0.6 is 0 Å². The van der Waals surface area contributed by atoms with Gasteiger partial charge in [0, 0.05) is 0 Å². The van der Waals surface area contributed by atoms with Crippen LogP contribution in [-0.2, 0) is 4.74 Å². The maximum Gasteiger partial charge on any atom is 0.337 e. The topological polar surface area (TPSA) is 35.5 Å². The predicted molar refractivity (Wildman–Crippen MR) is 44.3 cm³/mol. The number of carbonyl (C=O) groups excluding carboxylic acids is 1. The number of carbonyl (C=O) groups is 1. The van der Waals surface area contributed by atoms with Gasteiger partial charge in [-0.25, -0.2) is 4.79 Å². The highest BCUT2D eigenvalue weighted by Gasteiger charge is 2.03. The summed E-state index contributed by atoms with van der Waals surface area (Å²) in [5, 5.41) is 0. The lowest BCUT2D eigenvalue weighted by molar-refractivity contribution is 0.0600. The van der Waals surface area contributed by atoms with Crippen molar-refractivity contribution in [3.05, 3.63) is 29.8 Å². The smallest absolute Gasteiger partial charge is 0.337 e. The number of ether oxygens (including phenoxy) is 2. The van der Waals surface area contributed by atoms with Gasteiger partial charge >= 0.3 is 5.97 Å². The van der Waals surface area contributed by atoms with E-state index in [0.717, 1.165) is 0 Å². The van der Waals surface area contributed by atoms with Crippen molar-refractivity contribution in [3.8, 4) is 5.75 Å². The van der Waals surface area contributed by atoms with Crippen LogP contribution in [0.15, 0.2) is 24.3 Å². The first-order valence-corrected chi connectivity index (χ1v) is 3.30. The molecule has 3 nitrogen and oxygen atoms in total. The summed E-state index contributed by atoms with van der Waals surface area (Å²) in [6.45, 7) is 0. The molecule has 0 N–H and O–H groups in total. The summed E-state index contributed by atoms with van der Waals surface area (Å²) in [4.78, 5) is 11.0. The molecule has 0 amide bonds. The van der Waals surface area contributed by atoms with Gasteiger partial charge in [-0.15, -0.1) is 0 Å². The standard InChI is InChI=1S/C9H10O3/c1-11-8-5-3-7(4-6-8)9(10)12-2/h3-6H,1-2H3/i1D3. The lowest BCUT2D eigenvalue weighted by atomic mass is 10.2. The number of methoxy groups -OCH3 is 2. The Morgan fingerprint density at radius 2 is 2.08 bits per heavy atom. The van der Waals surface area contributed by atoms with Crippen LogP contribution in [-0.4, -0.2) is 20.1 Å². The highest BCUT2D eigenvalue weighted by molar-refractivity contribution is 5.89. The molecular weight excluding hydrogens is 156 g/mol. The Balaban J connectivity index is 2.77. The third kappa shape index (κ3) is 1.75. The molecule has 0 saturated carbocycles. The number of hydrogen-bond acceptors (Lipinski definition) is 3. The Kier molecular flexibility index (Phi) is 1.63. The number of benzene rings is 1. The predicted octanol–water partition coefficient (Wildman–Crippen LogP) is 1.48. The fourth-order valence-corrected chi connectivity index (χ4v) is 0.777. The first-order valence-electron chi connectivity index (χ1n) is 4.80. The molecule has 0 atom stereocenters. The van der Waals surface area contributed by atoms with E-state index in [1.165, 1.54) is 31.4 Å². The zero-order valence-corrected chi connectivity index (χ0v) is 6.53. The molecule has 1 aromatic carbocycles. The Morgan fingerprint density at radius 1 is 1.42 bits per heavy atom. The van der Waals surface area contributed by atoms with Gasteiger partial charge in [0.2, 0.25) is 0 Å². The number of esters is 1. The molecule has 3 heteroatoms. The largest absolute Gasteiger partial charge is 0.497 e. The van der Waals surface area contributed by atoms with Crippen LogP contribution in [0.3, 0.4) is 0 Å². The van der Waals surface area contributed by atoms with Crippen LogP contribution in [0.2, 0.25) is 0 Å². The summed E-state index contributed by atoms with van der Waals surface area (Å²) in [6.07, 6.45) is 0. The summed E-state index contributed by atoms with van der Waals surface area (Å²) in [7, 11) is -1.21. The summed E-state index contributed by atoms with van der Waals surface area (Å²) >= 11 is 0. The van der Waals surface area contributed by atoms with Gasteiger partial charge in [0.25, 0.3) is 0 Å². The fraction of sp³-hybridized carbons (Fsp3) is 0.222. The highest BCUT2D eigenvalue weighted by Crippen LogP contribution is 2.11. The second-order valence-corrected chi connectivity index (χ2v) is 2.12. The van der Waals surface area contributed by atoms with Crippen molar-refractivity contribution >= 4 is 5.97 Å². The van der Waals surface area contributed by atoms with E-state index in [9.17, 15) is 4.79 Å². The minimum atomic E-state index is -2.48. The van der Waals surface area contributed by atoms with E-state index in [-0.39, 0.29) is 5.75 Å². The lowest BCUT2D eigenvalue weighted by Gasteiger charge is -2.00. The van der Waals surface area contributed by atoms with Crippen molar-refractivity contribution in [3.63, 3.8) is 0 Å². The van der Waals surface area contributed by atoms with E-state index >= 15 is 0 Å². The van der Waals surface area contributed by atoms with E-state index in [0.29, 0.717) is 5.56 Å². The highest BCUT2D eigenvalue weighted by atomic mass is 16.5. The lowest BCUT2D eigenvalue weighted by Crippen LogP contribution is -2.00. The molecule has 0 aliphatic heterocycles. The van der Waals surface area contributed by atoms with Crippen molar-refractivity contribution < 1.29 is 18.4 Å². The molecule has 0 unspecified atom stereocenters. The van der Waals surface area contributed by atoms with Crippen LogP contribution in [0.5, 0.6) is 5.75 Å². The summed E-state index contributed by atoms with van der Waals surface area (Å²) < 4.78 is 29.7. The number of hydrogen-bond donors (Lipinski definition) is 0. The van der Waals surface area contributed by atoms with Crippen LogP contribution in [0.4, 0.5) is 0 Å². The van der Waals surface area contributed by atoms with Crippen LogP contribution in [0, 0.1) is 0 Å². The average Bonchev–Trinajstić information content (AvgIpc) is 2.15. The van der Waals surface area contributed by atoms with Crippen LogP contribution in [0.1, 0.15) is 14.5 Å². The van der Waals surface area contributed by atoms with Crippen LogP contribution in [0.25, 0.3) is 0 Å². The maximum atomic E-state index is 11.0. The minimum Gasteiger partial charge on any atom is -0.497 e. The van der Waals surface area contributed by atoms with Gasteiger partial charge in [0.1, 0.15) is 5.75 Å². The van der Waals surface area contributed by atoms with Crippen LogP contribution < -0.4 is 4.74 Å². The molecule has 1 rings (SSSR count). The van der Waals surface area contributed by atoms with Crippen molar-refractivity contribution in [2.24, 2.45) is 0 Å². The van der Waals surface area contributed by atoms with Gasteiger partial charge in [-0.2, -0.15) is 0 Å². The number of rotatable bonds is 2. The summed E-state index contributed by atoms with van der Waals surface area (Å²) in [5.74, 6) is -0.293. The molecule has 0 spiro atoms. The average molecular weight is 169 g/mol. The van der Waals surface area contributed by atoms with Crippen molar-refractivity contribution in [1.29, 1.82) is 0 Å². The SMILES string of the molecule is [2H]C([2H])([2H])Oc1ccc(C(=O)OC)cc1. The van der Waals surface area contributed by atoms with Gasteiger partial charge in [-0.3, -0.25) is 0 Å². The van der Waals surface area contributed by atoms with Gasteiger partial charge in [0.05, 0.1) is 23.8 Å². The molecule has 0 bridgehead atoms. The summed E-state index contributed by atoms with van der Waals surface area (Å²) in [5.41, 5.74) is 0.343. The van der Waals surface area contributed by atoms with E-state index < -0.39 is 13.0 Å². The monoisotopic (exact) mass is 169 g/mol. The first kappa shape index (κ1) is 5.19. The molecule has 0 aliphatic rings. The molecule has 0 aromatic heterocycles. The van der Waals surface area contributed by atoms with E-state index in [4.69, 9.17) is 4.11 Å². The molecular formula is C9H10O3. The second kappa shape index (κ2) is 3.76. The van der Waals surface area contributed by atoms with Crippen molar-refractivity contribution in [2.45, 2.75) is 0 Å². The molecule has 0 radical (unpaired) electrons. The zero-order chi connectivity index (χ0) is 11.5. The Bertz CT molecular complexity index is 343. The first-order chi connectivity index (χ1) is 6.92.